The van der Waals surface area contributed by atoms with Crippen molar-refractivity contribution < 1.29 is 4.39 Å². The van der Waals surface area contributed by atoms with Crippen LogP contribution < -0.4 is 5.32 Å². The van der Waals surface area contributed by atoms with Gasteiger partial charge in [0.05, 0.1) is 5.69 Å². The van der Waals surface area contributed by atoms with Gasteiger partial charge in [-0.25, -0.2) is 9.37 Å². The highest BCUT2D eigenvalue weighted by atomic mass is 35.5. The lowest BCUT2D eigenvalue weighted by Gasteiger charge is -2.06. The van der Waals surface area contributed by atoms with Crippen molar-refractivity contribution >= 4 is 22.9 Å². The van der Waals surface area contributed by atoms with E-state index in [-0.39, 0.29) is 5.82 Å². The maximum Gasteiger partial charge on any atom is 0.134 e. The second kappa shape index (κ2) is 7.34. The fraction of sp³-hybridized carbons (Fsp3) is 0.438. The molecule has 0 unspecified atom stereocenters. The molecule has 114 valence electrons. The summed E-state index contributed by atoms with van der Waals surface area (Å²) >= 11 is 7.35. The lowest BCUT2D eigenvalue weighted by Crippen LogP contribution is -2.18. The number of hydrogen-bond acceptors (Lipinski definition) is 3. The molecule has 2 nitrogen and oxygen atoms in total. The molecule has 0 radical (unpaired) electrons. The minimum absolute atomic E-state index is 0.319. The first-order valence-corrected chi connectivity index (χ1v) is 8.35. The predicted octanol–water partition coefficient (Wildman–Crippen LogP) is 4.91. The van der Waals surface area contributed by atoms with Crippen LogP contribution in [0.3, 0.4) is 0 Å². The third kappa shape index (κ3) is 4.25. The molecule has 1 aromatic carbocycles. The van der Waals surface area contributed by atoms with Gasteiger partial charge in [-0.05, 0) is 37.1 Å². The van der Waals surface area contributed by atoms with Crippen molar-refractivity contribution in [2.45, 2.75) is 33.7 Å². The highest BCUT2D eigenvalue weighted by Gasteiger charge is 2.14. The van der Waals surface area contributed by atoms with Gasteiger partial charge in [-0.1, -0.05) is 32.4 Å². The summed E-state index contributed by atoms with van der Waals surface area (Å²) in [6.45, 7) is 8.17. The monoisotopic (exact) mass is 326 g/mol. The van der Waals surface area contributed by atoms with E-state index in [1.54, 1.807) is 23.5 Å². The molecule has 0 fully saturated rings. The number of hydrogen-bond donors (Lipinski definition) is 1. The molecule has 1 aromatic heterocycles. The van der Waals surface area contributed by atoms with Crippen LogP contribution in [0, 0.1) is 11.7 Å². The number of rotatable bonds is 6. The zero-order chi connectivity index (χ0) is 15.4. The Hall–Kier alpha value is -0.970. The van der Waals surface area contributed by atoms with E-state index in [1.807, 2.05) is 0 Å². The van der Waals surface area contributed by atoms with Crippen molar-refractivity contribution in [3.8, 4) is 10.6 Å². The van der Waals surface area contributed by atoms with Crippen LogP contribution in [0.2, 0.25) is 5.02 Å². The molecule has 0 bridgehead atoms. The Labute approximate surface area is 134 Å². The lowest BCUT2D eigenvalue weighted by molar-refractivity contribution is 0.553. The summed E-state index contributed by atoms with van der Waals surface area (Å²) in [6.07, 6.45) is 0.852. The smallest absolute Gasteiger partial charge is 0.134 e. The number of aromatic nitrogens is 1. The number of aryl methyl sites for hydroxylation is 1. The number of nitrogens with one attached hydrogen (secondary N) is 1. The van der Waals surface area contributed by atoms with E-state index in [2.05, 4.69) is 31.1 Å². The molecule has 1 N–H and O–H groups in total. The standard InChI is InChI=1S/C16H20ClFN2S/c1-4-14-15(9-19-8-10(2)3)21-16(20-14)12-6-5-11(17)7-13(12)18/h5-7,10,19H,4,8-9H2,1-3H3. The first-order chi connectivity index (χ1) is 10.0. The van der Waals surface area contributed by atoms with Crippen molar-refractivity contribution in [2.75, 3.05) is 6.54 Å². The Balaban J connectivity index is 2.23. The molecule has 0 atom stereocenters. The molecule has 2 rings (SSSR count). The Morgan fingerprint density at radius 1 is 1.38 bits per heavy atom. The van der Waals surface area contributed by atoms with Crippen molar-refractivity contribution in [1.82, 2.24) is 10.3 Å². The van der Waals surface area contributed by atoms with Crippen molar-refractivity contribution in [3.05, 3.63) is 39.6 Å². The topological polar surface area (TPSA) is 24.9 Å². The van der Waals surface area contributed by atoms with Gasteiger partial charge in [0.2, 0.25) is 0 Å². The van der Waals surface area contributed by atoms with E-state index in [1.165, 1.54) is 10.9 Å². The van der Waals surface area contributed by atoms with Gasteiger partial charge >= 0.3 is 0 Å². The van der Waals surface area contributed by atoms with Crippen LogP contribution in [0.15, 0.2) is 18.2 Å². The van der Waals surface area contributed by atoms with Gasteiger partial charge in [0.15, 0.2) is 0 Å². The number of thiazole rings is 1. The SMILES string of the molecule is CCc1nc(-c2ccc(Cl)cc2F)sc1CNCC(C)C. The van der Waals surface area contributed by atoms with E-state index in [0.717, 1.165) is 30.2 Å². The van der Waals surface area contributed by atoms with Crippen LogP contribution in [-0.2, 0) is 13.0 Å². The molecule has 0 saturated heterocycles. The van der Waals surface area contributed by atoms with Crippen molar-refractivity contribution in [2.24, 2.45) is 5.92 Å². The molecule has 0 aliphatic heterocycles. The molecule has 21 heavy (non-hydrogen) atoms. The normalized spacial score (nSPS) is 11.3. The van der Waals surface area contributed by atoms with Gasteiger partial charge < -0.3 is 5.32 Å². The second-order valence-corrected chi connectivity index (χ2v) is 6.91. The summed E-state index contributed by atoms with van der Waals surface area (Å²) in [4.78, 5) is 5.77. The lowest BCUT2D eigenvalue weighted by atomic mass is 10.2. The van der Waals surface area contributed by atoms with E-state index < -0.39 is 0 Å². The first kappa shape index (κ1) is 16.4. The summed E-state index contributed by atoms with van der Waals surface area (Å²) in [6, 6.07) is 4.73. The minimum atomic E-state index is -0.319. The van der Waals surface area contributed by atoms with Crippen LogP contribution in [0.1, 0.15) is 31.3 Å². The third-order valence-corrected chi connectivity index (χ3v) is 4.48. The van der Waals surface area contributed by atoms with Gasteiger partial charge in [0, 0.05) is 22.0 Å². The van der Waals surface area contributed by atoms with Crippen LogP contribution in [0.25, 0.3) is 10.6 Å². The summed E-state index contributed by atoms with van der Waals surface area (Å²) in [7, 11) is 0. The Bertz CT molecular complexity index is 610. The Kier molecular flexibility index (Phi) is 5.73. The summed E-state index contributed by atoms with van der Waals surface area (Å²) in [5.41, 5.74) is 1.56. The van der Waals surface area contributed by atoms with Gasteiger partial charge in [0.1, 0.15) is 10.8 Å². The summed E-state index contributed by atoms with van der Waals surface area (Å²) in [5, 5.41) is 4.55. The second-order valence-electron chi connectivity index (χ2n) is 5.39. The quantitative estimate of drug-likeness (QED) is 0.815. The predicted molar refractivity (Wildman–Crippen MR) is 88.4 cm³/mol. The van der Waals surface area contributed by atoms with Gasteiger partial charge in [-0.15, -0.1) is 11.3 Å². The molecule has 2 aromatic rings. The van der Waals surface area contributed by atoms with E-state index in [9.17, 15) is 4.39 Å². The molecular formula is C16H20ClFN2S. The molecule has 0 aliphatic carbocycles. The van der Waals surface area contributed by atoms with E-state index in [0.29, 0.717) is 16.5 Å². The maximum absolute atomic E-state index is 14.0. The zero-order valence-electron chi connectivity index (χ0n) is 12.5. The van der Waals surface area contributed by atoms with E-state index >= 15 is 0 Å². The molecule has 0 spiro atoms. The Morgan fingerprint density at radius 3 is 2.76 bits per heavy atom. The van der Waals surface area contributed by atoms with Crippen LogP contribution in [0.4, 0.5) is 4.39 Å². The fourth-order valence-electron chi connectivity index (χ4n) is 2.05. The van der Waals surface area contributed by atoms with Crippen LogP contribution >= 0.6 is 22.9 Å². The van der Waals surface area contributed by atoms with Gasteiger partial charge in [-0.2, -0.15) is 0 Å². The van der Waals surface area contributed by atoms with Gasteiger partial charge in [0.25, 0.3) is 0 Å². The van der Waals surface area contributed by atoms with Crippen LogP contribution in [-0.4, -0.2) is 11.5 Å². The minimum Gasteiger partial charge on any atom is -0.312 e. The third-order valence-electron chi connectivity index (χ3n) is 3.11. The first-order valence-electron chi connectivity index (χ1n) is 7.16. The van der Waals surface area contributed by atoms with E-state index in [4.69, 9.17) is 11.6 Å². The Morgan fingerprint density at radius 2 is 2.14 bits per heavy atom. The molecule has 0 aliphatic rings. The largest absolute Gasteiger partial charge is 0.312 e. The molecule has 0 saturated carbocycles. The zero-order valence-corrected chi connectivity index (χ0v) is 14.1. The number of benzene rings is 1. The molecular weight excluding hydrogens is 307 g/mol. The maximum atomic E-state index is 14.0. The number of nitrogens with zero attached hydrogens (tertiary/aromatic N) is 1. The molecule has 1 heterocycles. The molecule has 5 heteroatoms. The van der Waals surface area contributed by atoms with Gasteiger partial charge in [-0.3, -0.25) is 0 Å². The number of halogens is 2. The highest BCUT2D eigenvalue weighted by Crippen LogP contribution is 2.31. The molecule has 0 amide bonds. The summed E-state index contributed by atoms with van der Waals surface area (Å²) in [5.74, 6) is 0.289. The fourth-order valence-corrected chi connectivity index (χ4v) is 3.36. The van der Waals surface area contributed by atoms with Crippen molar-refractivity contribution in [1.29, 1.82) is 0 Å². The average Bonchev–Trinajstić information content (AvgIpc) is 2.81. The summed E-state index contributed by atoms with van der Waals surface area (Å²) < 4.78 is 14.0. The average molecular weight is 327 g/mol. The van der Waals surface area contributed by atoms with Crippen molar-refractivity contribution in [3.63, 3.8) is 0 Å². The highest BCUT2D eigenvalue weighted by molar-refractivity contribution is 7.15. The van der Waals surface area contributed by atoms with Crippen LogP contribution in [0.5, 0.6) is 0 Å².